The highest BCUT2D eigenvalue weighted by molar-refractivity contribution is 5.29. The maximum atomic E-state index is 10.3. The Morgan fingerprint density at radius 1 is 1.40 bits per heavy atom. The standard InChI is InChI=1S/C16H26N2O2/c1-18(11-13-6-8-17-9-7-13)12-16(19)14-4-3-5-15(10-14)20-2/h3-5,10,13,16-17,19H,6-9,11-12H2,1-2H3. The summed E-state index contributed by atoms with van der Waals surface area (Å²) in [7, 11) is 3.74. The number of ether oxygens (including phenoxy) is 1. The van der Waals surface area contributed by atoms with Gasteiger partial charge in [0.1, 0.15) is 5.75 Å². The molecule has 1 saturated heterocycles. The monoisotopic (exact) mass is 278 g/mol. The van der Waals surface area contributed by atoms with Gasteiger partial charge in [0.05, 0.1) is 13.2 Å². The van der Waals surface area contributed by atoms with Crippen molar-refractivity contribution in [1.82, 2.24) is 10.2 Å². The van der Waals surface area contributed by atoms with E-state index in [2.05, 4.69) is 17.3 Å². The number of aliphatic hydroxyl groups excluding tert-OH is 1. The summed E-state index contributed by atoms with van der Waals surface area (Å²) in [6.07, 6.45) is 2.01. The van der Waals surface area contributed by atoms with E-state index in [9.17, 15) is 5.11 Å². The summed E-state index contributed by atoms with van der Waals surface area (Å²) in [5.74, 6) is 1.54. The van der Waals surface area contributed by atoms with Crippen LogP contribution in [0.4, 0.5) is 0 Å². The SMILES string of the molecule is COc1cccc(C(O)CN(C)CC2CCNCC2)c1. The molecule has 1 aromatic rings. The van der Waals surface area contributed by atoms with Crippen LogP contribution in [0.3, 0.4) is 0 Å². The van der Waals surface area contributed by atoms with Crippen LogP contribution in [0.2, 0.25) is 0 Å². The zero-order chi connectivity index (χ0) is 14.4. The molecule has 0 saturated carbocycles. The molecule has 0 spiro atoms. The van der Waals surface area contributed by atoms with Crippen LogP contribution in [0.1, 0.15) is 24.5 Å². The van der Waals surface area contributed by atoms with Crippen LogP contribution in [0, 0.1) is 5.92 Å². The van der Waals surface area contributed by atoms with Crippen molar-refractivity contribution in [2.75, 3.05) is 40.3 Å². The van der Waals surface area contributed by atoms with E-state index in [1.807, 2.05) is 24.3 Å². The Hall–Kier alpha value is -1.10. The largest absolute Gasteiger partial charge is 0.497 e. The Kier molecular flexibility index (Phi) is 5.83. The zero-order valence-corrected chi connectivity index (χ0v) is 12.5. The number of piperidine rings is 1. The molecule has 1 fully saturated rings. The Labute approximate surface area is 121 Å². The minimum atomic E-state index is -0.461. The van der Waals surface area contributed by atoms with Crippen LogP contribution in [-0.4, -0.2) is 50.3 Å². The molecule has 4 heteroatoms. The van der Waals surface area contributed by atoms with Crippen molar-refractivity contribution in [3.8, 4) is 5.75 Å². The van der Waals surface area contributed by atoms with Crippen LogP contribution in [0.15, 0.2) is 24.3 Å². The molecule has 1 aromatic carbocycles. The molecule has 1 aliphatic heterocycles. The molecule has 0 aromatic heterocycles. The fourth-order valence-electron chi connectivity index (χ4n) is 2.83. The Bertz CT molecular complexity index is 405. The van der Waals surface area contributed by atoms with Gasteiger partial charge >= 0.3 is 0 Å². The normalized spacial score (nSPS) is 18.2. The molecule has 0 bridgehead atoms. The molecule has 2 N–H and O–H groups in total. The van der Waals surface area contributed by atoms with E-state index >= 15 is 0 Å². The third kappa shape index (κ3) is 4.47. The maximum Gasteiger partial charge on any atom is 0.119 e. The van der Waals surface area contributed by atoms with Crippen molar-refractivity contribution < 1.29 is 9.84 Å². The lowest BCUT2D eigenvalue weighted by atomic mass is 9.97. The van der Waals surface area contributed by atoms with Gasteiger partial charge in [-0.15, -0.1) is 0 Å². The number of methoxy groups -OCH3 is 1. The first kappa shape index (κ1) is 15.3. The van der Waals surface area contributed by atoms with Gasteiger partial charge in [-0.1, -0.05) is 12.1 Å². The van der Waals surface area contributed by atoms with Gasteiger partial charge in [-0.25, -0.2) is 0 Å². The second-order valence-electron chi connectivity index (χ2n) is 5.71. The molecule has 1 unspecified atom stereocenters. The van der Waals surface area contributed by atoms with Crippen LogP contribution < -0.4 is 10.1 Å². The minimum absolute atomic E-state index is 0.461. The lowest BCUT2D eigenvalue weighted by molar-refractivity contribution is 0.114. The summed E-state index contributed by atoms with van der Waals surface area (Å²) >= 11 is 0. The van der Waals surface area contributed by atoms with E-state index in [0.29, 0.717) is 6.54 Å². The first-order valence-corrected chi connectivity index (χ1v) is 7.40. The van der Waals surface area contributed by atoms with E-state index in [-0.39, 0.29) is 0 Å². The molecule has 112 valence electrons. The molecular formula is C16H26N2O2. The van der Waals surface area contributed by atoms with Crippen LogP contribution in [0.25, 0.3) is 0 Å². The summed E-state index contributed by atoms with van der Waals surface area (Å²) in [4.78, 5) is 2.24. The molecular weight excluding hydrogens is 252 g/mol. The molecule has 0 amide bonds. The zero-order valence-electron chi connectivity index (χ0n) is 12.5. The molecule has 0 radical (unpaired) electrons. The minimum Gasteiger partial charge on any atom is -0.497 e. The maximum absolute atomic E-state index is 10.3. The van der Waals surface area contributed by atoms with Gasteiger partial charge in [-0.05, 0) is 56.6 Å². The van der Waals surface area contributed by atoms with E-state index < -0.39 is 6.10 Å². The first-order valence-electron chi connectivity index (χ1n) is 7.40. The average Bonchev–Trinajstić information content (AvgIpc) is 2.48. The van der Waals surface area contributed by atoms with Gasteiger partial charge < -0.3 is 20.1 Å². The van der Waals surface area contributed by atoms with Crippen LogP contribution in [-0.2, 0) is 0 Å². The topological polar surface area (TPSA) is 44.7 Å². The second-order valence-corrected chi connectivity index (χ2v) is 5.71. The van der Waals surface area contributed by atoms with Gasteiger partial charge in [0.2, 0.25) is 0 Å². The van der Waals surface area contributed by atoms with Gasteiger partial charge in [0, 0.05) is 13.1 Å². The van der Waals surface area contributed by atoms with Crippen molar-refractivity contribution in [3.05, 3.63) is 29.8 Å². The summed E-state index contributed by atoms with van der Waals surface area (Å²) in [5, 5.41) is 13.7. The number of likely N-dealkylation sites (N-methyl/N-ethyl adjacent to an activating group) is 1. The fraction of sp³-hybridized carbons (Fsp3) is 0.625. The molecule has 2 rings (SSSR count). The van der Waals surface area contributed by atoms with Crippen LogP contribution in [0.5, 0.6) is 5.75 Å². The Morgan fingerprint density at radius 2 is 2.15 bits per heavy atom. The summed E-state index contributed by atoms with van der Waals surface area (Å²) in [6.45, 7) is 3.97. The van der Waals surface area contributed by atoms with Gasteiger partial charge in [0.25, 0.3) is 0 Å². The number of nitrogens with one attached hydrogen (secondary N) is 1. The van der Waals surface area contributed by atoms with E-state index in [0.717, 1.165) is 36.9 Å². The highest BCUT2D eigenvalue weighted by atomic mass is 16.5. The number of nitrogens with zero attached hydrogens (tertiary/aromatic N) is 1. The number of rotatable bonds is 6. The highest BCUT2D eigenvalue weighted by Gasteiger charge is 2.17. The van der Waals surface area contributed by atoms with E-state index in [1.54, 1.807) is 7.11 Å². The molecule has 1 heterocycles. The predicted octanol–water partition coefficient (Wildman–Crippen LogP) is 1.66. The lowest BCUT2D eigenvalue weighted by Crippen LogP contribution is -2.36. The molecule has 4 nitrogen and oxygen atoms in total. The van der Waals surface area contributed by atoms with Gasteiger partial charge in [-0.2, -0.15) is 0 Å². The van der Waals surface area contributed by atoms with E-state index in [1.165, 1.54) is 12.8 Å². The van der Waals surface area contributed by atoms with Gasteiger partial charge in [-0.3, -0.25) is 0 Å². The smallest absolute Gasteiger partial charge is 0.119 e. The van der Waals surface area contributed by atoms with Crippen molar-refractivity contribution in [2.24, 2.45) is 5.92 Å². The van der Waals surface area contributed by atoms with Gasteiger partial charge in [0.15, 0.2) is 0 Å². The summed E-state index contributed by atoms with van der Waals surface area (Å²) in [6, 6.07) is 7.67. The highest BCUT2D eigenvalue weighted by Crippen LogP contribution is 2.20. The average molecular weight is 278 g/mol. The quantitative estimate of drug-likeness (QED) is 0.831. The van der Waals surface area contributed by atoms with Crippen molar-refractivity contribution in [3.63, 3.8) is 0 Å². The fourth-order valence-corrected chi connectivity index (χ4v) is 2.83. The predicted molar refractivity (Wildman–Crippen MR) is 81.0 cm³/mol. The van der Waals surface area contributed by atoms with Crippen LogP contribution >= 0.6 is 0 Å². The second kappa shape index (κ2) is 7.62. The summed E-state index contributed by atoms with van der Waals surface area (Å²) in [5.41, 5.74) is 0.918. The number of hydrogen-bond acceptors (Lipinski definition) is 4. The van der Waals surface area contributed by atoms with Crippen molar-refractivity contribution >= 4 is 0 Å². The lowest BCUT2D eigenvalue weighted by Gasteiger charge is -2.28. The number of aliphatic hydroxyl groups is 1. The number of benzene rings is 1. The number of hydrogen-bond donors (Lipinski definition) is 2. The summed E-state index contributed by atoms with van der Waals surface area (Å²) < 4.78 is 5.20. The molecule has 20 heavy (non-hydrogen) atoms. The molecule has 0 aliphatic carbocycles. The Morgan fingerprint density at radius 3 is 2.85 bits per heavy atom. The first-order chi connectivity index (χ1) is 9.69. The molecule has 1 atom stereocenters. The van der Waals surface area contributed by atoms with Crippen molar-refractivity contribution in [1.29, 1.82) is 0 Å². The van der Waals surface area contributed by atoms with E-state index in [4.69, 9.17) is 4.74 Å². The van der Waals surface area contributed by atoms with Crippen molar-refractivity contribution in [2.45, 2.75) is 18.9 Å². The Balaban J connectivity index is 1.84. The molecule has 1 aliphatic rings. The third-order valence-corrected chi connectivity index (χ3v) is 3.99. The third-order valence-electron chi connectivity index (χ3n) is 3.99.